The number of furan rings is 1. The molecular formula is C18H13ClN4O4. The van der Waals surface area contributed by atoms with Gasteiger partial charge in [-0.15, -0.1) is 0 Å². The normalized spacial score (nSPS) is 11.0. The molecule has 0 aliphatic carbocycles. The van der Waals surface area contributed by atoms with E-state index in [0.29, 0.717) is 33.0 Å². The van der Waals surface area contributed by atoms with Crippen molar-refractivity contribution < 1.29 is 18.7 Å². The van der Waals surface area contributed by atoms with E-state index in [2.05, 4.69) is 15.4 Å². The molecule has 136 valence electrons. The molecule has 4 aromatic rings. The molecule has 8 nitrogen and oxygen atoms in total. The quantitative estimate of drug-likeness (QED) is 0.543. The van der Waals surface area contributed by atoms with Crippen LogP contribution in [0, 0.1) is 0 Å². The highest BCUT2D eigenvalue weighted by molar-refractivity contribution is 6.36. The number of ether oxygens (including phenoxy) is 1. The molecule has 0 saturated carbocycles. The van der Waals surface area contributed by atoms with Gasteiger partial charge in [0.1, 0.15) is 22.5 Å². The van der Waals surface area contributed by atoms with Gasteiger partial charge in [-0.3, -0.25) is 4.79 Å². The molecule has 0 spiro atoms. The largest absolute Gasteiger partial charge is 0.465 e. The highest BCUT2D eigenvalue weighted by atomic mass is 35.5. The van der Waals surface area contributed by atoms with Gasteiger partial charge in [0.2, 0.25) is 0 Å². The molecule has 0 fully saturated rings. The number of aromatic nitrogens is 3. The average molecular weight is 385 g/mol. The minimum Gasteiger partial charge on any atom is -0.465 e. The van der Waals surface area contributed by atoms with Crippen molar-refractivity contribution in [2.24, 2.45) is 0 Å². The number of benzene rings is 1. The first-order valence-corrected chi connectivity index (χ1v) is 8.32. The van der Waals surface area contributed by atoms with Gasteiger partial charge in [-0.1, -0.05) is 17.7 Å². The number of amides is 1. The van der Waals surface area contributed by atoms with Gasteiger partial charge in [-0.2, -0.15) is 5.10 Å². The van der Waals surface area contributed by atoms with E-state index >= 15 is 0 Å². The molecule has 27 heavy (non-hydrogen) atoms. The van der Waals surface area contributed by atoms with Crippen LogP contribution in [0.3, 0.4) is 0 Å². The molecule has 0 aliphatic rings. The van der Waals surface area contributed by atoms with Gasteiger partial charge in [-0.25, -0.2) is 14.3 Å². The standard InChI is InChI=1S/C18H13ClN4O4/c1-26-18(25)11-5-2-4-10-14(19)13(27-15(10)11)9-21-17(24)12-8-22-23-7-3-6-20-16(12)23/h2-8H,9H2,1H3,(H,21,24). The van der Waals surface area contributed by atoms with Crippen molar-refractivity contribution in [1.29, 1.82) is 0 Å². The van der Waals surface area contributed by atoms with Gasteiger partial charge >= 0.3 is 5.97 Å². The maximum absolute atomic E-state index is 12.5. The highest BCUT2D eigenvalue weighted by Gasteiger charge is 2.20. The number of hydrogen-bond donors (Lipinski definition) is 1. The Bertz CT molecular complexity index is 1180. The molecule has 0 aliphatic heterocycles. The van der Waals surface area contributed by atoms with Crippen LogP contribution in [-0.4, -0.2) is 33.6 Å². The smallest absolute Gasteiger partial charge is 0.341 e. The predicted octanol–water partition coefficient (Wildman–Crippen LogP) is 2.85. The Morgan fingerprint density at radius 3 is 2.96 bits per heavy atom. The van der Waals surface area contributed by atoms with E-state index in [1.165, 1.54) is 17.8 Å². The van der Waals surface area contributed by atoms with Crippen LogP contribution in [0.2, 0.25) is 5.02 Å². The topological polar surface area (TPSA) is 98.7 Å². The van der Waals surface area contributed by atoms with Crippen molar-refractivity contribution in [2.75, 3.05) is 7.11 Å². The number of esters is 1. The molecular weight excluding hydrogens is 372 g/mol. The number of fused-ring (bicyclic) bond motifs is 2. The van der Waals surface area contributed by atoms with Crippen molar-refractivity contribution in [1.82, 2.24) is 19.9 Å². The predicted molar refractivity (Wildman–Crippen MR) is 96.7 cm³/mol. The Labute approximate surface area is 157 Å². The summed E-state index contributed by atoms with van der Waals surface area (Å²) >= 11 is 6.35. The molecule has 3 heterocycles. The van der Waals surface area contributed by atoms with Gasteiger partial charge in [0.25, 0.3) is 5.91 Å². The molecule has 1 aromatic carbocycles. The number of nitrogens with one attached hydrogen (secondary N) is 1. The number of carbonyl (C=O) groups is 2. The van der Waals surface area contributed by atoms with Crippen LogP contribution >= 0.6 is 11.6 Å². The monoisotopic (exact) mass is 384 g/mol. The van der Waals surface area contributed by atoms with Crippen molar-refractivity contribution in [3.63, 3.8) is 0 Å². The van der Waals surface area contributed by atoms with E-state index in [4.69, 9.17) is 20.8 Å². The van der Waals surface area contributed by atoms with Crippen LogP contribution in [0.25, 0.3) is 16.6 Å². The molecule has 0 bridgehead atoms. The summed E-state index contributed by atoms with van der Waals surface area (Å²) in [7, 11) is 1.29. The zero-order valence-corrected chi connectivity index (χ0v) is 14.9. The third-order valence-corrected chi connectivity index (χ3v) is 4.47. The summed E-state index contributed by atoms with van der Waals surface area (Å²) in [5.74, 6) is -0.562. The molecule has 0 atom stereocenters. The SMILES string of the molecule is COC(=O)c1cccc2c(Cl)c(CNC(=O)c3cnn4cccnc34)oc12. The lowest BCUT2D eigenvalue weighted by molar-refractivity contribution is 0.0601. The third kappa shape index (κ3) is 2.89. The summed E-state index contributed by atoms with van der Waals surface area (Å²) in [6, 6.07) is 6.72. The summed E-state index contributed by atoms with van der Waals surface area (Å²) in [4.78, 5) is 28.5. The van der Waals surface area contributed by atoms with E-state index in [1.54, 1.807) is 36.7 Å². The number of halogens is 1. The fourth-order valence-corrected chi connectivity index (χ4v) is 3.02. The minimum atomic E-state index is -0.529. The summed E-state index contributed by atoms with van der Waals surface area (Å²) in [6.45, 7) is 0.0388. The maximum Gasteiger partial charge on any atom is 0.341 e. The van der Waals surface area contributed by atoms with Gasteiger partial charge in [-0.05, 0) is 18.2 Å². The second kappa shape index (κ2) is 6.73. The van der Waals surface area contributed by atoms with Crippen molar-refractivity contribution in [2.45, 2.75) is 6.54 Å². The van der Waals surface area contributed by atoms with Crippen LogP contribution in [0.15, 0.2) is 47.3 Å². The molecule has 3 aromatic heterocycles. The summed E-state index contributed by atoms with van der Waals surface area (Å²) in [5, 5.41) is 7.71. The Hall–Kier alpha value is -3.39. The first-order chi connectivity index (χ1) is 13.1. The zero-order chi connectivity index (χ0) is 19.0. The average Bonchev–Trinajstić information content (AvgIpc) is 3.27. The van der Waals surface area contributed by atoms with E-state index in [1.807, 2.05) is 0 Å². The Balaban J connectivity index is 1.61. The Kier molecular flexibility index (Phi) is 4.25. The number of methoxy groups -OCH3 is 1. The first-order valence-electron chi connectivity index (χ1n) is 7.95. The van der Waals surface area contributed by atoms with Crippen LogP contribution in [0.1, 0.15) is 26.5 Å². The summed E-state index contributed by atoms with van der Waals surface area (Å²) in [6.07, 6.45) is 4.72. The van der Waals surface area contributed by atoms with E-state index in [9.17, 15) is 9.59 Å². The van der Waals surface area contributed by atoms with E-state index in [0.717, 1.165) is 0 Å². The van der Waals surface area contributed by atoms with Crippen LogP contribution < -0.4 is 5.32 Å². The molecule has 0 unspecified atom stereocenters. The number of nitrogens with zero attached hydrogens (tertiary/aromatic N) is 3. The highest BCUT2D eigenvalue weighted by Crippen LogP contribution is 2.32. The van der Waals surface area contributed by atoms with Gasteiger partial charge in [0.05, 0.1) is 24.9 Å². The zero-order valence-electron chi connectivity index (χ0n) is 14.1. The number of carbonyl (C=O) groups excluding carboxylic acids is 2. The maximum atomic E-state index is 12.5. The second-order valence-corrected chi connectivity index (χ2v) is 6.02. The van der Waals surface area contributed by atoms with E-state index < -0.39 is 5.97 Å². The fourth-order valence-electron chi connectivity index (χ4n) is 2.77. The summed E-state index contributed by atoms with van der Waals surface area (Å²) in [5.41, 5.74) is 1.36. The molecule has 0 radical (unpaired) electrons. The molecule has 0 saturated heterocycles. The molecule has 9 heteroatoms. The minimum absolute atomic E-state index is 0.0388. The Morgan fingerprint density at radius 1 is 1.30 bits per heavy atom. The van der Waals surface area contributed by atoms with Crippen LogP contribution in [-0.2, 0) is 11.3 Å². The van der Waals surface area contributed by atoms with Crippen LogP contribution in [0.4, 0.5) is 0 Å². The van der Waals surface area contributed by atoms with Gasteiger partial charge in [0.15, 0.2) is 5.65 Å². The van der Waals surface area contributed by atoms with Crippen molar-refractivity contribution in [3.8, 4) is 0 Å². The fraction of sp³-hybridized carbons (Fsp3) is 0.111. The lowest BCUT2D eigenvalue weighted by Crippen LogP contribution is -2.22. The van der Waals surface area contributed by atoms with Gasteiger partial charge in [0, 0.05) is 17.8 Å². The lowest BCUT2D eigenvalue weighted by atomic mass is 10.1. The van der Waals surface area contributed by atoms with Crippen molar-refractivity contribution in [3.05, 3.63) is 64.8 Å². The third-order valence-electron chi connectivity index (χ3n) is 4.06. The Morgan fingerprint density at radius 2 is 2.15 bits per heavy atom. The molecule has 1 amide bonds. The molecule has 1 N–H and O–H groups in total. The summed E-state index contributed by atoms with van der Waals surface area (Å²) < 4.78 is 12.0. The lowest BCUT2D eigenvalue weighted by Gasteiger charge is -2.02. The molecule has 4 rings (SSSR count). The number of rotatable bonds is 4. The van der Waals surface area contributed by atoms with Gasteiger partial charge < -0.3 is 14.5 Å². The number of para-hydroxylation sites is 1. The number of hydrogen-bond acceptors (Lipinski definition) is 6. The van der Waals surface area contributed by atoms with Crippen molar-refractivity contribution >= 4 is 40.1 Å². The first kappa shape index (κ1) is 17.0. The van der Waals surface area contributed by atoms with Crippen LogP contribution in [0.5, 0.6) is 0 Å². The second-order valence-electron chi connectivity index (χ2n) is 5.64. The van der Waals surface area contributed by atoms with E-state index in [-0.39, 0.29) is 18.0 Å².